The molecule has 0 radical (unpaired) electrons. The second-order valence-electron chi connectivity index (χ2n) is 2.38. The van der Waals surface area contributed by atoms with Crippen LogP contribution >= 0.6 is 0 Å². The number of likely N-dealkylation sites (tertiary alicyclic amines) is 1. The number of amides is 2. The monoisotopic (exact) mass is 149 g/mol. The van der Waals surface area contributed by atoms with Crippen LogP contribution in [0.2, 0.25) is 0 Å². The summed E-state index contributed by atoms with van der Waals surface area (Å²) in [5.74, 6) is -0.247. The number of carbonyl (C=O) groups is 2. The van der Waals surface area contributed by atoms with Gasteiger partial charge in [-0.15, -0.1) is 0 Å². The van der Waals surface area contributed by atoms with E-state index >= 15 is 0 Å². The SMILES string of the molecule is O=C([O-])N1C(=O)[C@H]2C[C@H]21.[Na+]. The summed E-state index contributed by atoms with van der Waals surface area (Å²) in [6.45, 7) is 0. The van der Waals surface area contributed by atoms with Gasteiger partial charge in [0.05, 0.1) is 12.0 Å². The molecule has 0 N–H and O–H groups in total. The van der Waals surface area contributed by atoms with Gasteiger partial charge >= 0.3 is 29.6 Å². The van der Waals surface area contributed by atoms with Crippen molar-refractivity contribution in [3.63, 3.8) is 0 Å². The normalized spacial score (nSPS) is 33.6. The van der Waals surface area contributed by atoms with Gasteiger partial charge in [-0.3, -0.25) is 9.69 Å². The smallest absolute Gasteiger partial charge is 0.530 e. The van der Waals surface area contributed by atoms with E-state index < -0.39 is 6.09 Å². The summed E-state index contributed by atoms with van der Waals surface area (Å²) < 4.78 is 0. The zero-order valence-electron chi connectivity index (χ0n) is 5.53. The molecule has 1 aliphatic carbocycles. The fourth-order valence-electron chi connectivity index (χ4n) is 1.22. The van der Waals surface area contributed by atoms with Gasteiger partial charge in [-0.2, -0.15) is 0 Å². The van der Waals surface area contributed by atoms with Gasteiger partial charge < -0.3 is 9.90 Å². The molecule has 0 unspecified atom stereocenters. The molecule has 2 rings (SSSR count). The molecule has 1 heterocycles. The van der Waals surface area contributed by atoms with E-state index in [-0.39, 0.29) is 47.4 Å². The van der Waals surface area contributed by atoms with Gasteiger partial charge in [0, 0.05) is 0 Å². The van der Waals surface area contributed by atoms with Crippen LogP contribution in [0.3, 0.4) is 0 Å². The number of imide groups is 1. The maximum absolute atomic E-state index is 10.5. The Labute approximate surface area is 79.5 Å². The third-order valence-corrected chi connectivity index (χ3v) is 1.84. The van der Waals surface area contributed by atoms with Crippen LogP contribution in [0.5, 0.6) is 0 Å². The maximum Gasteiger partial charge on any atom is 1.00 e. The second kappa shape index (κ2) is 2.22. The Morgan fingerprint density at radius 3 is 2.50 bits per heavy atom. The molecule has 2 aliphatic rings. The second-order valence-corrected chi connectivity index (χ2v) is 2.38. The Morgan fingerprint density at radius 2 is 2.30 bits per heavy atom. The van der Waals surface area contributed by atoms with Gasteiger partial charge in [-0.1, -0.05) is 0 Å². The van der Waals surface area contributed by atoms with Crippen molar-refractivity contribution in [1.29, 1.82) is 0 Å². The van der Waals surface area contributed by atoms with E-state index in [1.807, 2.05) is 0 Å². The number of fused-ring (bicyclic) bond motifs is 1. The minimum Gasteiger partial charge on any atom is -0.530 e. The molecule has 2 amide bonds. The van der Waals surface area contributed by atoms with Crippen molar-refractivity contribution < 1.29 is 44.3 Å². The maximum atomic E-state index is 10.5. The van der Waals surface area contributed by atoms with E-state index in [1.165, 1.54) is 0 Å². The number of nitrogens with zero attached hydrogens (tertiary/aromatic N) is 1. The number of β-lactam (4-membered cyclic amide) rings is 1. The van der Waals surface area contributed by atoms with Crippen molar-refractivity contribution in [3.8, 4) is 0 Å². The molecule has 0 bridgehead atoms. The molecule has 0 aromatic rings. The van der Waals surface area contributed by atoms with Crippen LogP contribution in [-0.2, 0) is 4.79 Å². The summed E-state index contributed by atoms with van der Waals surface area (Å²) in [5, 5.41) is 10.0. The predicted octanol–water partition coefficient (Wildman–Crippen LogP) is -4.44. The zero-order chi connectivity index (χ0) is 6.59. The summed E-state index contributed by atoms with van der Waals surface area (Å²) in [4.78, 5) is 21.4. The fraction of sp³-hybridized carbons (Fsp3) is 0.600. The average Bonchev–Trinajstić information content (AvgIpc) is 2.41. The van der Waals surface area contributed by atoms with Crippen molar-refractivity contribution in [2.75, 3.05) is 0 Å². The van der Waals surface area contributed by atoms with Crippen LogP contribution in [0.25, 0.3) is 0 Å². The van der Waals surface area contributed by atoms with E-state index in [1.54, 1.807) is 0 Å². The van der Waals surface area contributed by atoms with Gasteiger partial charge in [-0.25, -0.2) is 0 Å². The number of rotatable bonds is 0. The summed E-state index contributed by atoms with van der Waals surface area (Å²) in [7, 11) is 0. The Kier molecular flexibility index (Phi) is 1.78. The Morgan fingerprint density at radius 1 is 1.70 bits per heavy atom. The summed E-state index contributed by atoms with van der Waals surface area (Å²) >= 11 is 0. The van der Waals surface area contributed by atoms with Crippen LogP contribution in [0.15, 0.2) is 0 Å². The van der Waals surface area contributed by atoms with Gasteiger partial charge in [-0.05, 0) is 6.42 Å². The standard InChI is InChI=1S/C5H5NO3.Na/c7-4-2-1-3(2)6(4)5(8)9;/h2-3H,1H2,(H,8,9);/q;+1/p-1/t2-,3+;/m0./s1. The fourth-order valence-corrected chi connectivity index (χ4v) is 1.22. The summed E-state index contributed by atoms with van der Waals surface area (Å²) in [5.41, 5.74) is 0. The molecule has 5 heteroatoms. The molecule has 10 heavy (non-hydrogen) atoms. The topological polar surface area (TPSA) is 60.4 Å². The molecule has 0 aromatic heterocycles. The molecule has 1 saturated carbocycles. The first-order valence-corrected chi connectivity index (χ1v) is 2.76. The van der Waals surface area contributed by atoms with Gasteiger partial charge in [0.1, 0.15) is 6.09 Å². The molecule has 0 aromatic carbocycles. The van der Waals surface area contributed by atoms with Gasteiger partial charge in [0.2, 0.25) is 5.91 Å². The largest absolute Gasteiger partial charge is 1.00 e. The molecule has 48 valence electrons. The molecule has 1 aliphatic heterocycles. The first kappa shape index (κ1) is 8.04. The van der Waals surface area contributed by atoms with Crippen molar-refractivity contribution in [2.24, 2.45) is 5.92 Å². The first-order chi connectivity index (χ1) is 4.22. The Hall–Kier alpha value is -0.0600. The van der Waals surface area contributed by atoms with Crippen LogP contribution in [-0.4, -0.2) is 22.9 Å². The minimum atomic E-state index is -1.35. The Bertz CT molecular complexity index is 205. The van der Waals surface area contributed by atoms with E-state index in [9.17, 15) is 14.7 Å². The van der Waals surface area contributed by atoms with E-state index in [4.69, 9.17) is 0 Å². The predicted molar refractivity (Wildman–Crippen MR) is 24.1 cm³/mol. The van der Waals surface area contributed by atoms with Crippen LogP contribution in [0.4, 0.5) is 4.79 Å². The number of carboxylic acid groups (broad SMARTS) is 1. The molecule has 4 nitrogen and oxygen atoms in total. The molecule has 0 spiro atoms. The minimum absolute atomic E-state index is 0. The first-order valence-electron chi connectivity index (χ1n) is 2.76. The van der Waals surface area contributed by atoms with E-state index in [0.717, 1.165) is 4.90 Å². The molecule has 1 saturated heterocycles. The number of hydrogen-bond acceptors (Lipinski definition) is 3. The molecular weight excluding hydrogens is 145 g/mol. The summed E-state index contributed by atoms with van der Waals surface area (Å²) in [6.07, 6.45) is -0.633. The van der Waals surface area contributed by atoms with Crippen LogP contribution in [0.1, 0.15) is 6.42 Å². The molecule has 2 atom stereocenters. The van der Waals surface area contributed by atoms with Crippen molar-refractivity contribution in [3.05, 3.63) is 0 Å². The summed E-state index contributed by atoms with van der Waals surface area (Å²) in [6, 6.07) is -0.0116. The Balaban J connectivity index is 0.000000500. The number of carbonyl (C=O) groups excluding carboxylic acids is 2. The third-order valence-electron chi connectivity index (χ3n) is 1.84. The van der Waals surface area contributed by atoms with Crippen molar-refractivity contribution >= 4 is 12.0 Å². The van der Waals surface area contributed by atoms with E-state index in [0.29, 0.717) is 6.42 Å². The quantitative estimate of drug-likeness (QED) is 0.258. The molecule has 2 fully saturated rings. The van der Waals surface area contributed by atoms with E-state index in [2.05, 4.69) is 0 Å². The van der Waals surface area contributed by atoms with Gasteiger partial charge in [0.25, 0.3) is 0 Å². The van der Waals surface area contributed by atoms with Crippen molar-refractivity contribution in [1.82, 2.24) is 4.90 Å². The number of hydrogen-bond donors (Lipinski definition) is 0. The average molecular weight is 149 g/mol. The van der Waals surface area contributed by atoms with Crippen LogP contribution < -0.4 is 34.7 Å². The van der Waals surface area contributed by atoms with Crippen LogP contribution in [0, 0.1) is 5.92 Å². The zero-order valence-corrected chi connectivity index (χ0v) is 7.53. The van der Waals surface area contributed by atoms with Gasteiger partial charge in [0.15, 0.2) is 0 Å². The van der Waals surface area contributed by atoms with Crippen molar-refractivity contribution in [2.45, 2.75) is 12.5 Å². The molecular formula is C5H4NNaO3. The third kappa shape index (κ3) is 0.794.